The van der Waals surface area contributed by atoms with Crippen LogP contribution in [0, 0.1) is 5.92 Å². The van der Waals surface area contributed by atoms with Crippen molar-refractivity contribution in [2.45, 2.75) is 46.1 Å². The van der Waals surface area contributed by atoms with Crippen molar-refractivity contribution in [3.63, 3.8) is 0 Å². The summed E-state index contributed by atoms with van der Waals surface area (Å²) >= 11 is 0. The monoisotopic (exact) mass is 305 g/mol. The Kier molecular flexibility index (Phi) is 7.52. The third-order valence-corrected chi connectivity index (χ3v) is 3.63. The molecule has 118 valence electrons. The second kappa shape index (κ2) is 7.84. The highest BCUT2D eigenvalue weighted by Crippen LogP contribution is 2.15. The van der Waals surface area contributed by atoms with Gasteiger partial charge in [-0.15, -0.1) is 12.4 Å². The number of nitrogens with two attached hydrogens (primary N) is 1. The quantitative estimate of drug-likeness (QED) is 0.850. The molecular weight excluding hydrogens is 278 g/mol. The number of amides is 2. The lowest BCUT2D eigenvalue weighted by atomic mass is 9.95. The normalized spacial score (nSPS) is 18.5. The molecule has 20 heavy (non-hydrogen) atoms. The number of carbonyl (C=O) groups is 2. The summed E-state index contributed by atoms with van der Waals surface area (Å²) in [6.07, 6.45) is 1.58. The van der Waals surface area contributed by atoms with E-state index in [1.165, 1.54) is 0 Å². The van der Waals surface area contributed by atoms with Gasteiger partial charge in [0.25, 0.3) is 0 Å². The fourth-order valence-corrected chi connectivity index (χ4v) is 2.48. The van der Waals surface area contributed by atoms with Gasteiger partial charge in [-0.05, 0) is 13.3 Å². The lowest BCUT2D eigenvalue weighted by Crippen LogP contribution is -2.59. The zero-order chi connectivity index (χ0) is 14.6. The maximum Gasteiger partial charge on any atom is 0.242 e. The van der Waals surface area contributed by atoms with Gasteiger partial charge in [0.1, 0.15) is 0 Å². The van der Waals surface area contributed by atoms with E-state index in [9.17, 15) is 9.59 Å². The Hall–Kier alpha value is -0.810. The Balaban J connectivity index is 0.00000361. The van der Waals surface area contributed by atoms with Crippen LogP contribution in [0.1, 0.15) is 40.5 Å². The molecular formula is C14H28ClN3O2. The van der Waals surface area contributed by atoms with Crippen LogP contribution in [-0.2, 0) is 9.59 Å². The first kappa shape index (κ1) is 19.2. The molecule has 1 unspecified atom stereocenters. The molecule has 1 saturated heterocycles. The minimum Gasteiger partial charge on any atom is -0.339 e. The first-order valence-electron chi connectivity index (χ1n) is 7.16. The van der Waals surface area contributed by atoms with E-state index in [0.29, 0.717) is 32.6 Å². The summed E-state index contributed by atoms with van der Waals surface area (Å²) < 4.78 is 0. The molecule has 2 amide bonds. The maximum atomic E-state index is 12.3. The number of piperazine rings is 1. The van der Waals surface area contributed by atoms with E-state index in [2.05, 4.69) is 0 Å². The largest absolute Gasteiger partial charge is 0.339 e. The Morgan fingerprint density at radius 2 is 1.60 bits per heavy atom. The molecule has 1 heterocycles. The number of nitrogens with zero attached hydrogens (tertiary/aromatic N) is 2. The molecule has 5 nitrogen and oxygen atoms in total. The fourth-order valence-electron chi connectivity index (χ4n) is 2.48. The average molecular weight is 306 g/mol. The third kappa shape index (κ3) is 4.63. The Labute approximate surface area is 128 Å². The van der Waals surface area contributed by atoms with Gasteiger partial charge in [-0.25, -0.2) is 0 Å². The molecule has 1 rings (SSSR count). The van der Waals surface area contributed by atoms with E-state index in [1.807, 2.05) is 25.7 Å². The number of hydrogen-bond donors (Lipinski definition) is 1. The predicted molar refractivity (Wildman–Crippen MR) is 82.7 cm³/mol. The summed E-state index contributed by atoms with van der Waals surface area (Å²) in [6, 6.07) is 0. The summed E-state index contributed by atoms with van der Waals surface area (Å²) in [5.74, 6) is 0.185. The minimum atomic E-state index is -0.779. The van der Waals surface area contributed by atoms with Gasteiger partial charge in [-0.1, -0.05) is 27.2 Å². The number of rotatable bonds is 4. The summed E-state index contributed by atoms with van der Waals surface area (Å²) in [7, 11) is 0. The van der Waals surface area contributed by atoms with Crippen LogP contribution in [-0.4, -0.2) is 53.3 Å². The van der Waals surface area contributed by atoms with Crippen molar-refractivity contribution in [3.05, 3.63) is 0 Å². The lowest BCUT2D eigenvalue weighted by molar-refractivity contribution is -0.144. The van der Waals surface area contributed by atoms with Crippen LogP contribution in [0.2, 0.25) is 0 Å². The van der Waals surface area contributed by atoms with Crippen molar-refractivity contribution in [1.29, 1.82) is 0 Å². The Bertz CT molecular complexity index is 337. The summed E-state index contributed by atoms with van der Waals surface area (Å²) in [6.45, 7) is 10.0. The summed E-state index contributed by atoms with van der Waals surface area (Å²) in [4.78, 5) is 27.8. The van der Waals surface area contributed by atoms with Crippen LogP contribution in [0.4, 0.5) is 0 Å². The Morgan fingerprint density at radius 3 is 2.00 bits per heavy atom. The highest BCUT2D eigenvalue weighted by atomic mass is 35.5. The Morgan fingerprint density at radius 1 is 1.15 bits per heavy atom. The van der Waals surface area contributed by atoms with Crippen LogP contribution in [0.5, 0.6) is 0 Å². The second-order valence-corrected chi connectivity index (χ2v) is 5.94. The zero-order valence-corrected chi connectivity index (χ0v) is 13.8. The van der Waals surface area contributed by atoms with Gasteiger partial charge in [0.15, 0.2) is 0 Å². The predicted octanol–water partition coefficient (Wildman–Crippen LogP) is 1.25. The highest BCUT2D eigenvalue weighted by molar-refractivity contribution is 5.86. The van der Waals surface area contributed by atoms with E-state index in [4.69, 9.17) is 5.73 Å². The molecule has 0 aromatic carbocycles. The molecule has 0 spiro atoms. The van der Waals surface area contributed by atoms with Gasteiger partial charge in [-0.3, -0.25) is 9.59 Å². The van der Waals surface area contributed by atoms with Crippen LogP contribution in [0.25, 0.3) is 0 Å². The molecule has 1 aliphatic rings. The molecule has 0 radical (unpaired) electrons. The van der Waals surface area contributed by atoms with Crippen molar-refractivity contribution >= 4 is 24.2 Å². The van der Waals surface area contributed by atoms with E-state index < -0.39 is 5.54 Å². The zero-order valence-electron chi connectivity index (χ0n) is 13.0. The van der Waals surface area contributed by atoms with Gasteiger partial charge in [-0.2, -0.15) is 0 Å². The molecule has 0 saturated carbocycles. The lowest BCUT2D eigenvalue weighted by Gasteiger charge is -2.39. The van der Waals surface area contributed by atoms with Crippen molar-refractivity contribution in [2.75, 3.05) is 26.2 Å². The van der Waals surface area contributed by atoms with Gasteiger partial charge < -0.3 is 15.5 Å². The molecule has 0 aromatic rings. The van der Waals surface area contributed by atoms with Gasteiger partial charge in [0, 0.05) is 32.1 Å². The van der Waals surface area contributed by atoms with Crippen LogP contribution < -0.4 is 5.73 Å². The molecule has 0 aromatic heterocycles. The van der Waals surface area contributed by atoms with Gasteiger partial charge in [0.2, 0.25) is 11.8 Å². The van der Waals surface area contributed by atoms with E-state index in [1.54, 1.807) is 11.8 Å². The highest BCUT2D eigenvalue weighted by Gasteiger charge is 2.34. The molecule has 1 fully saturated rings. The van der Waals surface area contributed by atoms with Crippen molar-refractivity contribution in [3.8, 4) is 0 Å². The van der Waals surface area contributed by atoms with Gasteiger partial charge in [0.05, 0.1) is 5.54 Å². The number of carbonyl (C=O) groups excluding carboxylic acids is 2. The average Bonchev–Trinajstić information content (AvgIpc) is 2.37. The second-order valence-electron chi connectivity index (χ2n) is 5.94. The standard InChI is InChI=1S/C14H27N3O2.ClH/c1-5-6-14(4,15)13(19)17-9-7-16(8-10-17)12(18)11(2)3;/h11H,5-10,15H2,1-4H3;1H. The van der Waals surface area contributed by atoms with Crippen LogP contribution in [0.15, 0.2) is 0 Å². The molecule has 6 heteroatoms. The van der Waals surface area contributed by atoms with Crippen molar-refractivity contribution in [2.24, 2.45) is 11.7 Å². The smallest absolute Gasteiger partial charge is 0.242 e. The maximum absolute atomic E-state index is 12.3. The topological polar surface area (TPSA) is 66.6 Å². The molecule has 1 aliphatic heterocycles. The SMILES string of the molecule is CCCC(C)(N)C(=O)N1CCN(C(=O)C(C)C)CC1.Cl. The third-order valence-electron chi connectivity index (χ3n) is 3.63. The van der Waals surface area contributed by atoms with Crippen molar-refractivity contribution in [1.82, 2.24) is 9.80 Å². The molecule has 0 bridgehead atoms. The minimum absolute atomic E-state index is 0. The summed E-state index contributed by atoms with van der Waals surface area (Å²) in [5, 5.41) is 0. The number of halogens is 1. The van der Waals surface area contributed by atoms with E-state index in [-0.39, 0.29) is 30.1 Å². The number of hydrogen-bond acceptors (Lipinski definition) is 3. The fraction of sp³-hybridized carbons (Fsp3) is 0.857. The van der Waals surface area contributed by atoms with E-state index >= 15 is 0 Å². The van der Waals surface area contributed by atoms with Crippen LogP contribution >= 0.6 is 12.4 Å². The molecule has 1 atom stereocenters. The van der Waals surface area contributed by atoms with Gasteiger partial charge >= 0.3 is 0 Å². The van der Waals surface area contributed by atoms with E-state index in [0.717, 1.165) is 6.42 Å². The van der Waals surface area contributed by atoms with Crippen molar-refractivity contribution < 1.29 is 9.59 Å². The molecule has 2 N–H and O–H groups in total. The summed E-state index contributed by atoms with van der Waals surface area (Å²) in [5.41, 5.74) is 5.29. The first-order chi connectivity index (χ1) is 8.79. The first-order valence-corrected chi connectivity index (χ1v) is 7.16. The molecule has 0 aliphatic carbocycles. The van der Waals surface area contributed by atoms with Crippen LogP contribution in [0.3, 0.4) is 0 Å².